The van der Waals surface area contributed by atoms with Crippen LogP contribution in [0.15, 0.2) is 73.1 Å². The second-order valence-electron chi connectivity index (χ2n) is 8.35. The van der Waals surface area contributed by atoms with Gasteiger partial charge in [0.25, 0.3) is 11.8 Å². The number of benzene rings is 2. The van der Waals surface area contributed by atoms with Gasteiger partial charge in [-0.05, 0) is 48.0 Å². The monoisotopic (exact) mass is 524 g/mol. The number of aromatic nitrogens is 1. The number of ether oxygens (including phenoxy) is 1. The number of hydrogen-bond donors (Lipinski definition) is 2. The Morgan fingerprint density at radius 1 is 0.895 bits per heavy atom. The summed E-state index contributed by atoms with van der Waals surface area (Å²) >= 11 is 0. The predicted octanol–water partition coefficient (Wildman–Crippen LogP) is 4.48. The van der Waals surface area contributed by atoms with Crippen molar-refractivity contribution < 1.29 is 32.3 Å². The maximum atomic E-state index is 12.9. The highest BCUT2D eigenvalue weighted by Crippen LogP contribution is 2.29. The fourth-order valence-corrected chi connectivity index (χ4v) is 3.69. The summed E-state index contributed by atoms with van der Waals surface area (Å²) in [5.74, 6) is -1.37. The molecular formula is C27H23F3N4O4. The van der Waals surface area contributed by atoms with Crippen molar-refractivity contribution in [2.75, 3.05) is 36.9 Å². The van der Waals surface area contributed by atoms with Gasteiger partial charge < -0.3 is 20.3 Å². The number of pyridine rings is 1. The maximum Gasteiger partial charge on any atom is 0.416 e. The average molecular weight is 524 g/mol. The molecule has 0 spiro atoms. The van der Waals surface area contributed by atoms with Gasteiger partial charge in [0.15, 0.2) is 0 Å². The normalized spacial score (nSPS) is 13.8. The Balaban J connectivity index is 1.37. The third kappa shape index (κ3) is 7.04. The number of nitrogens with zero attached hydrogens (tertiary/aromatic N) is 2. The van der Waals surface area contributed by atoms with Crippen molar-refractivity contribution in [2.45, 2.75) is 6.18 Å². The Bertz CT molecular complexity index is 1370. The Morgan fingerprint density at radius 2 is 1.66 bits per heavy atom. The van der Waals surface area contributed by atoms with Gasteiger partial charge >= 0.3 is 6.18 Å². The molecule has 3 amide bonds. The number of halogens is 3. The van der Waals surface area contributed by atoms with Crippen molar-refractivity contribution in [2.24, 2.45) is 0 Å². The lowest BCUT2D eigenvalue weighted by Gasteiger charge is -2.26. The van der Waals surface area contributed by atoms with E-state index in [1.807, 2.05) is 0 Å². The van der Waals surface area contributed by atoms with Crippen LogP contribution in [0.4, 0.5) is 24.5 Å². The third-order valence-electron chi connectivity index (χ3n) is 5.57. The molecule has 0 bridgehead atoms. The molecule has 0 radical (unpaired) electrons. The van der Waals surface area contributed by atoms with Crippen molar-refractivity contribution in [3.63, 3.8) is 0 Å². The first-order valence-corrected chi connectivity index (χ1v) is 11.6. The SMILES string of the molecule is O=C(C=Cc1cccc(NC(=O)c2cccc(C(F)(F)F)c2)c1)Nc1cncc(C(=O)N2CCOCC2)c1. The zero-order valence-electron chi connectivity index (χ0n) is 20.0. The lowest BCUT2D eigenvalue weighted by atomic mass is 10.1. The maximum absolute atomic E-state index is 12.9. The van der Waals surface area contributed by atoms with Crippen molar-refractivity contribution in [1.82, 2.24) is 9.88 Å². The van der Waals surface area contributed by atoms with E-state index in [-0.39, 0.29) is 11.5 Å². The molecule has 196 valence electrons. The van der Waals surface area contributed by atoms with Gasteiger partial charge in [-0.15, -0.1) is 0 Å². The van der Waals surface area contributed by atoms with Crippen LogP contribution in [-0.2, 0) is 15.7 Å². The number of nitrogens with one attached hydrogen (secondary N) is 2. The van der Waals surface area contributed by atoms with Crippen LogP contribution in [0.3, 0.4) is 0 Å². The smallest absolute Gasteiger partial charge is 0.378 e. The van der Waals surface area contributed by atoms with E-state index in [0.717, 1.165) is 12.1 Å². The number of morpholine rings is 1. The molecule has 3 aromatic rings. The van der Waals surface area contributed by atoms with E-state index in [9.17, 15) is 27.6 Å². The van der Waals surface area contributed by atoms with Gasteiger partial charge in [-0.3, -0.25) is 19.4 Å². The second-order valence-corrected chi connectivity index (χ2v) is 8.35. The number of amides is 3. The second kappa shape index (κ2) is 11.7. The van der Waals surface area contributed by atoms with Crippen LogP contribution in [0.25, 0.3) is 6.08 Å². The third-order valence-corrected chi connectivity index (χ3v) is 5.57. The van der Waals surface area contributed by atoms with Gasteiger partial charge in [0, 0.05) is 36.6 Å². The van der Waals surface area contributed by atoms with Crippen molar-refractivity contribution >= 4 is 35.2 Å². The van der Waals surface area contributed by atoms with Crippen LogP contribution in [-0.4, -0.2) is 53.9 Å². The van der Waals surface area contributed by atoms with Crippen molar-refractivity contribution in [3.05, 3.63) is 95.3 Å². The molecule has 0 aliphatic carbocycles. The van der Waals surface area contributed by atoms with Gasteiger partial charge in [-0.2, -0.15) is 13.2 Å². The quantitative estimate of drug-likeness (QED) is 0.464. The van der Waals surface area contributed by atoms with E-state index in [0.29, 0.717) is 48.8 Å². The number of anilines is 2. The molecular weight excluding hydrogens is 501 g/mol. The van der Waals surface area contributed by atoms with Crippen molar-refractivity contribution in [3.8, 4) is 0 Å². The minimum Gasteiger partial charge on any atom is -0.378 e. The molecule has 8 nitrogen and oxygen atoms in total. The standard InChI is InChI=1S/C27H23F3N4O4/c28-27(29,30)21-5-2-4-19(14-21)25(36)33-22-6-1-3-18(13-22)7-8-24(35)32-23-15-20(16-31-17-23)26(37)34-9-11-38-12-10-34/h1-8,13-17H,9-12H2,(H,32,35)(H,33,36). The number of carbonyl (C=O) groups is 3. The fourth-order valence-electron chi connectivity index (χ4n) is 3.69. The lowest BCUT2D eigenvalue weighted by Crippen LogP contribution is -2.40. The van der Waals surface area contributed by atoms with Gasteiger partial charge in [0.05, 0.1) is 36.2 Å². The van der Waals surface area contributed by atoms with Crippen LogP contribution < -0.4 is 10.6 Å². The minimum absolute atomic E-state index is 0.136. The van der Waals surface area contributed by atoms with E-state index < -0.39 is 23.6 Å². The topological polar surface area (TPSA) is 101 Å². The zero-order chi connectivity index (χ0) is 27.1. The molecule has 1 fully saturated rings. The summed E-state index contributed by atoms with van der Waals surface area (Å²) in [5, 5.41) is 5.21. The average Bonchev–Trinajstić information content (AvgIpc) is 2.92. The molecule has 1 aliphatic heterocycles. The predicted molar refractivity (Wildman–Crippen MR) is 134 cm³/mol. The summed E-state index contributed by atoms with van der Waals surface area (Å²) in [5.41, 5.74) is 0.547. The van der Waals surface area contributed by atoms with Gasteiger partial charge in [0.1, 0.15) is 0 Å². The van der Waals surface area contributed by atoms with Crippen LogP contribution >= 0.6 is 0 Å². The highest BCUT2D eigenvalue weighted by atomic mass is 19.4. The number of alkyl halides is 3. The highest BCUT2D eigenvalue weighted by molar-refractivity contribution is 6.05. The summed E-state index contributed by atoms with van der Waals surface area (Å²) in [6.45, 7) is 1.91. The van der Waals surface area contributed by atoms with Crippen LogP contribution in [0, 0.1) is 0 Å². The molecule has 2 heterocycles. The first kappa shape index (κ1) is 26.6. The summed E-state index contributed by atoms with van der Waals surface area (Å²) in [7, 11) is 0. The first-order valence-electron chi connectivity index (χ1n) is 11.6. The van der Waals surface area contributed by atoms with Gasteiger partial charge in [-0.1, -0.05) is 18.2 Å². The minimum atomic E-state index is -4.56. The van der Waals surface area contributed by atoms with Gasteiger partial charge in [-0.25, -0.2) is 0 Å². The van der Waals surface area contributed by atoms with Crippen LogP contribution in [0.1, 0.15) is 31.8 Å². The Labute approximate surface area is 216 Å². The zero-order valence-corrected chi connectivity index (χ0v) is 20.0. The summed E-state index contributed by atoms with van der Waals surface area (Å²) < 4.78 is 44.1. The molecule has 2 N–H and O–H groups in total. The van der Waals surface area contributed by atoms with Gasteiger partial charge in [0.2, 0.25) is 5.91 Å². The Hall–Kier alpha value is -4.51. The molecule has 0 saturated carbocycles. The number of carbonyl (C=O) groups excluding carboxylic acids is 3. The lowest BCUT2D eigenvalue weighted by molar-refractivity contribution is -0.137. The molecule has 1 aliphatic rings. The fraction of sp³-hybridized carbons (Fsp3) is 0.185. The molecule has 0 atom stereocenters. The molecule has 1 saturated heterocycles. The van der Waals surface area contributed by atoms with E-state index >= 15 is 0 Å². The molecule has 2 aromatic carbocycles. The molecule has 38 heavy (non-hydrogen) atoms. The summed E-state index contributed by atoms with van der Waals surface area (Å²) in [4.78, 5) is 43.2. The number of hydrogen-bond acceptors (Lipinski definition) is 5. The molecule has 1 aromatic heterocycles. The summed E-state index contributed by atoms with van der Waals surface area (Å²) in [6, 6.07) is 12.1. The Morgan fingerprint density at radius 3 is 2.42 bits per heavy atom. The molecule has 11 heteroatoms. The summed E-state index contributed by atoms with van der Waals surface area (Å²) in [6.07, 6.45) is 1.07. The molecule has 4 rings (SSSR count). The van der Waals surface area contributed by atoms with Crippen molar-refractivity contribution in [1.29, 1.82) is 0 Å². The van der Waals surface area contributed by atoms with E-state index in [2.05, 4.69) is 15.6 Å². The van der Waals surface area contributed by atoms with Crippen LogP contribution in [0.2, 0.25) is 0 Å². The van der Waals surface area contributed by atoms with E-state index in [1.165, 1.54) is 36.7 Å². The van der Waals surface area contributed by atoms with E-state index in [1.54, 1.807) is 35.2 Å². The Kier molecular flexibility index (Phi) is 8.17. The first-order chi connectivity index (χ1) is 18.2. The number of rotatable bonds is 6. The molecule has 0 unspecified atom stereocenters. The van der Waals surface area contributed by atoms with E-state index in [4.69, 9.17) is 4.74 Å². The largest absolute Gasteiger partial charge is 0.416 e. The van der Waals surface area contributed by atoms with Crippen LogP contribution in [0.5, 0.6) is 0 Å². The highest BCUT2D eigenvalue weighted by Gasteiger charge is 2.30.